The molecule has 1 atom stereocenters. The number of fused-ring (bicyclic) bond motifs is 1. The molecule has 3 rings (SSSR count). The van der Waals surface area contributed by atoms with Crippen LogP contribution in [0.15, 0.2) is 66.7 Å². The smallest absolute Gasteiger partial charge is 0.180 e. The molecule has 106 valence electrons. The van der Waals surface area contributed by atoms with E-state index in [9.17, 15) is 4.79 Å². The van der Waals surface area contributed by atoms with E-state index in [1.54, 1.807) is 0 Å². The van der Waals surface area contributed by atoms with Gasteiger partial charge in [-0.3, -0.25) is 4.79 Å². The number of ketones is 1. The molecule has 0 aromatic heterocycles. The molecule has 0 spiro atoms. The summed E-state index contributed by atoms with van der Waals surface area (Å²) >= 11 is 0. The molecule has 0 amide bonds. The Morgan fingerprint density at radius 2 is 1.81 bits per heavy atom. The molecule has 0 radical (unpaired) electrons. The van der Waals surface area contributed by atoms with E-state index < -0.39 is 5.41 Å². The Balaban J connectivity index is 2.15. The first-order valence-corrected chi connectivity index (χ1v) is 7.10. The summed E-state index contributed by atoms with van der Waals surface area (Å²) < 4.78 is 5.90. The van der Waals surface area contributed by atoms with E-state index in [0.717, 1.165) is 11.1 Å². The van der Waals surface area contributed by atoms with Crippen molar-refractivity contribution in [2.75, 3.05) is 6.61 Å². The van der Waals surface area contributed by atoms with Crippen molar-refractivity contribution < 1.29 is 9.53 Å². The third kappa shape index (κ3) is 2.27. The summed E-state index contributed by atoms with van der Waals surface area (Å²) in [7, 11) is 0. The number of benzene rings is 2. The lowest BCUT2D eigenvalue weighted by molar-refractivity contribution is 0.0766. The van der Waals surface area contributed by atoms with Crippen LogP contribution in [0.5, 0.6) is 5.75 Å². The minimum absolute atomic E-state index is 0.124. The molecular formula is C19H18O2. The van der Waals surface area contributed by atoms with Gasteiger partial charge in [0.2, 0.25) is 0 Å². The van der Waals surface area contributed by atoms with E-state index in [4.69, 9.17) is 4.74 Å². The van der Waals surface area contributed by atoms with Crippen LogP contribution in [0, 0.1) is 0 Å². The first kappa shape index (κ1) is 13.6. The lowest BCUT2D eigenvalue weighted by atomic mass is 9.70. The Kier molecular flexibility index (Phi) is 3.38. The summed E-state index contributed by atoms with van der Waals surface area (Å²) in [5.74, 6) is 0.800. The van der Waals surface area contributed by atoms with Crippen LogP contribution in [-0.2, 0) is 5.41 Å². The Morgan fingerprint density at radius 1 is 1.14 bits per heavy atom. The van der Waals surface area contributed by atoms with Crippen molar-refractivity contribution >= 4 is 5.78 Å². The van der Waals surface area contributed by atoms with Gasteiger partial charge < -0.3 is 4.74 Å². The van der Waals surface area contributed by atoms with E-state index in [1.165, 1.54) is 0 Å². The molecule has 0 unspecified atom stereocenters. The number of ether oxygens (including phenoxy) is 1. The summed E-state index contributed by atoms with van der Waals surface area (Å²) in [5, 5.41) is 0. The number of rotatable bonds is 3. The van der Waals surface area contributed by atoms with Crippen LogP contribution in [0.2, 0.25) is 0 Å². The molecule has 0 saturated heterocycles. The summed E-state index contributed by atoms with van der Waals surface area (Å²) in [6.45, 7) is 6.32. The second-order valence-electron chi connectivity index (χ2n) is 5.70. The Bertz CT molecular complexity index is 688. The lowest BCUT2D eigenvalue weighted by Gasteiger charge is -2.37. The number of carbonyl (C=O) groups is 1. The molecule has 2 aromatic rings. The van der Waals surface area contributed by atoms with Gasteiger partial charge in [-0.2, -0.15) is 0 Å². The molecule has 1 aliphatic rings. The van der Waals surface area contributed by atoms with Crippen molar-refractivity contribution in [2.24, 2.45) is 0 Å². The van der Waals surface area contributed by atoms with Gasteiger partial charge in [0.05, 0.1) is 11.0 Å². The van der Waals surface area contributed by atoms with Gasteiger partial charge in [0, 0.05) is 0 Å². The molecule has 2 nitrogen and oxygen atoms in total. The molecule has 1 aliphatic heterocycles. The van der Waals surface area contributed by atoms with E-state index in [2.05, 4.69) is 6.58 Å². The van der Waals surface area contributed by atoms with Crippen LogP contribution in [-0.4, -0.2) is 12.4 Å². The minimum atomic E-state index is -0.665. The number of para-hydroxylation sites is 1. The molecule has 0 bridgehead atoms. The van der Waals surface area contributed by atoms with Gasteiger partial charge in [-0.1, -0.05) is 48.0 Å². The molecule has 0 saturated carbocycles. The molecule has 0 N–H and O–H groups in total. The first-order chi connectivity index (χ1) is 10.1. The zero-order valence-corrected chi connectivity index (χ0v) is 12.1. The standard InChI is InChI=1S/C19H18O2/c1-14(2)12-19(15-8-4-3-5-9-15)13-21-17-11-7-6-10-16(17)18(19)20/h3-11H,1,12-13H2,2H3/t19-/m0/s1. The predicted octanol–water partition coefficient (Wildman–Crippen LogP) is 4.17. The van der Waals surface area contributed by atoms with Gasteiger partial charge >= 0.3 is 0 Å². The fraction of sp³-hybridized carbons (Fsp3) is 0.211. The predicted molar refractivity (Wildman–Crippen MR) is 83.8 cm³/mol. The SMILES string of the molecule is C=C(C)C[C@@]1(c2ccccc2)COc2ccccc2C1=O. The van der Waals surface area contributed by atoms with Gasteiger partial charge in [-0.25, -0.2) is 0 Å². The zero-order valence-electron chi connectivity index (χ0n) is 12.1. The molecular weight excluding hydrogens is 260 g/mol. The topological polar surface area (TPSA) is 26.3 Å². The minimum Gasteiger partial charge on any atom is -0.491 e. The number of Topliss-reactive ketones (excluding diaryl/α,β-unsaturated/α-hetero) is 1. The summed E-state index contributed by atoms with van der Waals surface area (Å²) in [5.41, 5.74) is 1.97. The third-order valence-electron chi connectivity index (χ3n) is 3.97. The second-order valence-corrected chi connectivity index (χ2v) is 5.70. The monoisotopic (exact) mass is 278 g/mol. The average Bonchev–Trinajstić information content (AvgIpc) is 2.51. The normalized spacial score (nSPS) is 20.5. The summed E-state index contributed by atoms with van der Waals surface area (Å²) in [6.07, 6.45) is 0.601. The number of allylic oxidation sites excluding steroid dienone is 1. The van der Waals surface area contributed by atoms with Gasteiger partial charge in [-0.15, -0.1) is 6.58 Å². The quantitative estimate of drug-likeness (QED) is 0.788. The van der Waals surface area contributed by atoms with Crippen molar-refractivity contribution in [2.45, 2.75) is 18.8 Å². The maximum Gasteiger partial charge on any atom is 0.180 e. The van der Waals surface area contributed by atoms with Crippen molar-refractivity contribution in [3.05, 3.63) is 77.9 Å². The maximum atomic E-state index is 13.2. The average molecular weight is 278 g/mol. The highest BCUT2D eigenvalue weighted by Gasteiger charge is 2.45. The first-order valence-electron chi connectivity index (χ1n) is 7.10. The van der Waals surface area contributed by atoms with E-state index in [0.29, 0.717) is 24.3 Å². The van der Waals surface area contributed by atoms with Gasteiger partial charge in [-0.05, 0) is 31.0 Å². The van der Waals surface area contributed by atoms with Crippen LogP contribution < -0.4 is 4.74 Å². The van der Waals surface area contributed by atoms with Gasteiger partial charge in [0.25, 0.3) is 0 Å². The van der Waals surface area contributed by atoms with Crippen molar-refractivity contribution in [1.29, 1.82) is 0 Å². The number of hydrogen-bond donors (Lipinski definition) is 0. The van der Waals surface area contributed by atoms with Gasteiger partial charge in [0.1, 0.15) is 12.4 Å². The zero-order chi connectivity index (χ0) is 14.9. The fourth-order valence-corrected chi connectivity index (χ4v) is 3.02. The lowest BCUT2D eigenvalue weighted by Crippen LogP contribution is -2.45. The molecule has 21 heavy (non-hydrogen) atoms. The highest BCUT2D eigenvalue weighted by atomic mass is 16.5. The highest BCUT2D eigenvalue weighted by molar-refractivity contribution is 6.07. The number of carbonyl (C=O) groups excluding carboxylic acids is 1. The third-order valence-corrected chi connectivity index (χ3v) is 3.97. The van der Waals surface area contributed by atoms with Crippen LogP contribution in [0.25, 0.3) is 0 Å². The second kappa shape index (κ2) is 5.21. The van der Waals surface area contributed by atoms with E-state index in [1.807, 2.05) is 61.5 Å². The van der Waals surface area contributed by atoms with Crippen LogP contribution in [0.3, 0.4) is 0 Å². The molecule has 1 heterocycles. The molecule has 0 fully saturated rings. The summed E-state index contributed by atoms with van der Waals surface area (Å²) in [4.78, 5) is 13.2. The Labute approximate surface area is 125 Å². The van der Waals surface area contributed by atoms with Crippen LogP contribution >= 0.6 is 0 Å². The Hall–Kier alpha value is -2.35. The van der Waals surface area contributed by atoms with Crippen molar-refractivity contribution in [1.82, 2.24) is 0 Å². The van der Waals surface area contributed by atoms with Crippen LogP contribution in [0.1, 0.15) is 29.3 Å². The Morgan fingerprint density at radius 3 is 2.52 bits per heavy atom. The molecule has 2 heteroatoms. The van der Waals surface area contributed by atoms with Crippen LogP contribution in [0.4, 0.5) is 0 Å². The highest BCUT2D eigenvalue weighted by Crippen LogP contribution is 2.40. The van der Waals surface area contributed by atoms with E-state index in [-0.39, 0.29) is 5.78 Å². The fourth-order valence-electron chi connectivity index (χ4n) is 3.02. The van der Waals surface area contributed by atoms with E-state index >= 15 is 0 Å². The maximum absolute atomic E-state index is 13.2. The number of hydrogen-bond acceptors (Lipinski definition) is 2. The van der Waals surface area contributed by atoms with Gasteiger partial charge in [0.15, 0.2) is 5.78 Å². The van der Waals surface area contributed by atoms with Crippen molar-refractivity contribution in [3.8, 4) is 5.75 Å². The molecule has 0 aliphatic carbocycles. The summed E-state index contributed by atoms with van der Waals surface area (Å²) in [6, 6.07) is 17.3. The largest absolute Gasteiger partial charge is 0.491 e. The molecule has 2 aromatic carbocycles. The van der Waals surface area contributed by atoms with Crippen molar-refractivity contribution in [3.63, 3.8) is 0 Å².